The molecule has 29 aromatic rings. The molecule has 3 heterocycles. The number of hydrogen-bond acceptors (Lipinski definition) is 3. The van der Waals surface area contributed by atoms with E-state index in [1.807, 2.05) is 243 Å². The Bertz CT molecular complexity index is 11900. The fraction of sp³-hybridized carbons (Fsp3) is 0.0429. The van der Waals surface area contributed by atoms with Gasteiger partial charge < -0.3 is 13.3 Å². The highest BCUT2D eigenvalue weighted by Crippen LogP contribution is 2.57. The van der Waals surface area contributed by atoms with E-state index in [0.29, 0.717) is 100 Å². The first-order chi connectivity index (χ1) is 80.4. The van der Waals surface area contributed by atoms with Crippen molar-refractivity contribution in [3.63, 3.8) is 0 Å². The van der Waals surface area contributed by atoms with Crippen molar-refractivity contribution < 1.29 is 46.1 Å². The molecule has 0 saturated carbocycles. The Morgan fingerprint density at radius 3 is 0.867 bits per heavy atom. The lowest BCUT2D eigenvalue weighted by Gasteiger charge is -2.22. The first-order valence-electron chi connectivity index (χ1n) is 59.8. The maximum atomic E-state index is 9.51. The Labute approximate surface area is 859 Å². The van der Waals surface area contributed by atoms with Crippen LogP contribution >= 0.6 is 0 Å². The number of furan rings is 3. The third kappa shape index (κ3) is 12.7. The van der Waals surface area contributed by atoms with Crippen LogP contribution in [0.2, 0.25) is 0 Å². The molecule has 0 amide bonds. The lowest BCUT2D eigenvalue weighted by Crippen LogP contribution is -2.14. The Hall–Kier alpha value is -18.0. The highest BCUT2D eigenvalue weighted by molar-refractivity contribution is 6.29. The molecular weight excluding hydrogens is 1730 g/mol. The van der Waals surface area contributed by atoms with Crippen LogP contribution in [0.4, 0.5) is 0 Å². The molecule has 0 saturated heterocycles. The fourth-order valence-electron chi connectivity index (χ4n) is 23.4. The zero-order valence-electron chi connectivity index (χ0n) is 101. The van der Waals surface area contributed by atoms with Crippen molar-refractivity contribution in [2.24, 2.45) is 0 Å². The molecule has 0 unspecified atom stereocenters. The normalized spacial score (nSPS) is 15.4. The summed E-state index contributed by atoms with van der Waals surface area (Å²) < 4.78 is 239. The van der Waals surface area contributed by atoms with E-state index in [-0.39, 0.29) is 148 Å². The molecule has 143 heavy (non-hydrogen) atoms. The Morgan fingerprint density at radius 2 is 0.441 bits per heavy atom. The summed E-state index contributed by atoms with van der Waals surface area (Å²) >= 11 is 0. The lowest BCUT2D eigenvalue weighted by molar-refractivity contribution is 0.660. The third-order valence-electron chi connectivity index (χ3n) is 30.0. The minimum atomic E-state index is -0.434. The van der Waals surface area contributed by atoms with Gasteiger partial charge in [0.15, 0.2) is 0 Å². The van der Waals surface area contributed by atoms with E-state index in [4.69, 9.17) is 29.7 Å². The van der Waals surface area contributed by atoms with Crippen LogP contribution < -0.4 is 0 Å². The van der Waals surface area contributed by atoms with Crippen LogP contribution in [0, 0.1) is 0 Å². The van der Waals surface area contributed by atoms with Crippen molar-refractivity contribution in [1.82, 2.24) is 0 Å². The number of rotatable bonds is 7. The van der Waals surface area contributed by atoms with Crippen LogP contribution in [0.5, 0.6) is 0 Å². The van der Waals surface area contributed by atoms with E-state index < -0.39 is 72.5 Å². The predicted octanol–water partition coefficient (Wildman–Crippen LogP) is 39.7. The van der Waals surface area contributed by atoms with Gasteiger partial charge in [-0.15, -0.1) is 0 Å². The average molecular weight is 1840 g/mol. The smallest absolute Gasteiger partial charge is 0.136 e. The standard InChI is InChI=1S/C51H34O.C45H30O.C44H26O/c1-51(2)44-23-10-9-21-41(44)50-36(22-12-24-45(50)51)33-15-11-16-34(27-33)48-37-17-5-7-19-39(37)49(40-20-8-6-18-38(40)48)35-25-26-46-42(29-35)43-28-31-13-3-4-14-32(31)30-47(43)52-46;1-45(2)39-18-10-9-13-31(39)36-24-29(19-21-40(36)45)43-32-14-5-7-16-34(32)44(35-17-8-6-15-33(35)43)30-20-22-41-37(25-30)38-23-27-11-3-4-12-28(27)26-42(38)46-41;1-2-12-28-26-42-39(23-27(28)11-1)38-25-30(21-22-41(38)45-42)43-34-17-7-9-19-36(34)44(37-20-10-8-18-35(37)43)40-24-29-13-3-4-14-31(29)32-15-5-6-16-33(32)40/h3-30H,1-2H3;3-26H,1-2H3;1-26H/i5D,6D,7D,8D,17D,18D,19D,20D;5D,6D,7D,8D,14D,15D,16D,17D;7D,8D,9D,10D,17D,18D,19D,20D. The van der Waals surface area contributed by atoms with Crippen LogP contribution in [0.3, 0.4) is 0 Å². The van der Waals surface area contributed by atoms with Gasteiger partial charge in [-0.2, -0.15) is 0 Å². The van der Waals surface area contributed by atoms with Crippen molar-refractivity contribution in [3.05, 3.63) is 495 Å². The summed E-state index contributed by atoms with van der Waals surface area (Å²) in [5.41, 5.74) is 19.6. The quantitative estimate of drug-likeness (QED) is 0.118. The second-order valence-electron chi connectivity index (χ2n) is 38.4. The Kier molecular flexibility index (Phi) is 13.6. The van der Waals surface area contributed by atoms with Gasteiger partial charge in [0.2, 0.25) is 0 Å². The number of hydrogen-bond donors (Lipinski definition) is 0. The van der Waals surface area contributed by atoms with Gasteiger partial charge in [0.1, 0.15) is 33.5 Å². The number of benzene rings is 26. The molecule has 0 spiro atoms. The molecular formula is C140H90O3. The minimum absolute atomic E-state index is 0.174. The minimum Gasteiger partial charge on any atom is -0.456 e. The van der Waals surface area contributed by atoms with E-state index >= 15 is 0 Å². The van der Waals surface area contributed by atoms with Crippen molar-refractivity contribution in [2.45, 2.75) is 38.5 Å². The van der Waals surface area contributed by atoms with Gasteiger partial charge in [-0.1, -0.05) is 409 Å². The van der Waals surface area contributed by atoms with Gasteiger partial charge in [0.05, 0.1) is 32.9 Å². The van der Waals surface area contributed by atoms with Crippen molar-refractivity contribution in [3.8, 4) is 100 Å². The van der Waals surface area contributed by atoms with Gasteiger partial charge >= 0.3 is 0 Å². The summed E-state index contributed by atoms with van der Waals surface area (Å²) in [6.07, 6.45) is 0. The molecule has 3 heteroatoms. The summed E-state index contributed by atoms with van der Waals surface area (Å²) in [6, 6.07) is 98.4. The predicted molar refractivity (Wildman–Crippen MR) is 607 cm³/mol. The molecule has 0 radical (unpaired) electrons. The van der Waals surface area contributed by atoms with E-state index in [9.17, 15) is 16.4 Å². The zero-order valence-corrected chi connectivity index (χ0v) is 77.4. The number of fused-ring (bicyclic) bond motifs is 27. The van der Waals surface area contributed by atoms with E-state index in [2.05, 4.69) is 94.4 Å². The van der Waals surface area contributed by atoms with E-state index in [0.717, 1.165) is 125 Å². The van der Waals surface area contributed by atoms with Crippen LogP contribution in [0.25, 0.3) is 284 Å². The fourth-order valence-corrected chi connectivity index (χ4v) is 23.4. The largest absolute Gasteiger partial charge is 0.456 e. The van der Waals surface area contributed by atoms with Crippen LogP contribution in [-0.4, -0.2) is 0 Å². The van der Waals surface area contributed by atoms with E-state index in [1.54, 1.807) is 18.2 Å². The maximum Gasteiger partial charge on any atom is 0.136 e. The maximum absolute atomic E-state index is 9.51. The lowest BCUT2D eigenvalue weighted by atomic mass is 9.81. The van der Waals surface area contributed by atoms with Crippen molar-refractivity contribution in [1.29, 1.82) is 0 Å². The molecule has 0 bridgehead atoms. The van der Waals surface area contributed by atoms with Crippen molar-refractivity contribution in [2.75, 3.05) is 0 Å². The summed E-state index contributed by atoms with van der Waals surface area (Å²) in [5.74, 6) is 0. The topological polar surface area (TPSA) is 39.4 Å². The van der Waals surface area contributed by atoms with Gasteiger partial charge in [0.25, 0.3) is 0 Å². The summed E-state index contributed by atoms with van der Waals surface area (Å²) in [6.45, 7) is 8.80. The molecule has 0 fully saturated rings. The molecule has 0 atom stereocenters. The van der Waals surface area contributed by atoms with Crippen molar-refractivity contribution >= 4 is 184 Å². The molecule has 3 aromatic heterocycles. The second-order valence-corrected chi connectivity index (χ2v) is 38.4. The third-order valence-corrected chi connectivity index (χ3v) is 30.0. The van der Waals surface area contributed by atoms with Gasteiger partial charge in [0, 0.05) is 43.1 Å². The molecule has 2 aliphatic carbocycles. The van der Waals surface area contributed by atoms with Gasteiger partial charge in [-0.25, -0.2) is 0 Å². The van der Waals surface area contributed by atoms with E-state index in [1.165, 1.54) is 16.7 Å². The van der Waals surface area contributed by atoms with Gasteiger partial charge in [-0.05, 0) is 332 Å². The van der Waals surface area contributed by atoms with Crippen LogP contribution in [-0.2, 0) is 10.8 Å². The average Bonchev–Trinajstić information content (AvgIpc) is 1.59. The molecule has 0 N–H and O–H groups in total. The summed E-state index contributed by atoms with van der Waals surface area (Å²) in [5, 5.41) is 16.9. The molecule has 2 aliphatic rings. The first-order valence-corrected chi connectivity index (χ1v) is 47.8. The van der Waals surface area contributed by atoms with Crippen LogP contribution in [0.15, 0.2) is 486 Å². The highest BCUT2D eigenvalue weighted by atomic mass is 16.3. The highest BCUT2D eigenvalue weighted by Gasteiger charge is 2.38. The molecule has 668 valence electrons. The SMILES string of the molecule is [2H]c1c([2H])c([2H])c2c(-c3cc4ccccc4c4ccccc34)c3c([2H])c([2H])c([2H])c([2H])c3c(-c3ccc4oc5cc6ccccc6cc5c4c3)c2c1[2H].[2H]c1c([2H])c([2H])c2c(-c3ccc4oc5cc6ccccc6cc5c4c3)c3c([2H])c([2H])c([2H])c([2H])c3c(-c3ccc4c(c3)-c3ccccc3C4(C)C)c2c1[2H].[2H]c1c([2H])c([2H])c2c(-c3ccc4oc5cc6ccccc6cc5c4c3)c3c([2H])c([2H])c([2H])c([2H])c3c(-c3cccc(-c4cccc5c4-c4ccccc4C5(C)C)c3)c2c1[2H]. The second kappa shape index (κ2) is 31.8. The Morgan fingerprint density at radius 1 is 0.154 bits per heavy atom. The summed E-state index contributed by atoms with van der Waals surface area (Å²) in [7, 11) is 0. The summed E-state index contributed by atoms with van der Waals surface area (Å²) in [4.78, 5) is 0. The molecule has 31 rings (SSSR count). The molecule has 0 aliphatic heterocycles. The van der Waals surface area contributed by atoms with Crippen LogP contribution in [0.1, 0.15) is 82.8 Å². The monoisotopic (exact) mass is 1840 g/mol. The Balaban J connectivity index is 0.000000114. The molecule has 3 nitrogen and oxygen atoms in total. The first kappa shape index (κ1) is 61.3. The zero-order chi connectivity index (χ0) is 115. The van der Waals surface area contributed by atoms with Gasteiger partial charge in [-0.3, -0.25) is 0 Å². The molecule has 26 aromatic carbocycles.